The van der Waals surface area contributed by atoms with Crippen molar-refractivity contribution in [2.75, 3.05) is 39.9 Å². The van der Waals surface area contributed by atoms with Crippen LogP contribution >= 0.6 is 0 Å². The van der Waals surface area contributed by atoms with Gasteiger partial charge in [-0.05, 0) is 31.4 Å². The van der Waals surface area contributed by atoms with Crippen molar-refractivity contribution < 1.29 is 29.3 Å². The van der Waals surface area contributed by atoms with Crippen molar-refractivity contribution in [1.29, 1.82) is 0 Å². The molecule has 1 fully saturated rings. The highest BCUT2D eigenvalue weighted by Gasteiger charge is 2.35. The molecule has 1 heterocycles. The Morgan fingerprint density at radius 1 is 1.52 bits per heavy atom. The first-order chi connectivity index (χ1) is 14.7. The minimum Gasteiger partial charge on any atom is -0.597 e. The van der Waals surface area contributed by atoms with Gasteiger partial charge in [0.2, 0.25) is 6.21 Å². The second-order valence-corrected chi connectivity index (χ2v) is 7.94. The topological polar surface area (TPSA) is 143 Å². The first-order valence-electron chi connectivity index (χ1n) is 10.2. The highest BCUT2D eigenvalue weighted by Crippen LogP contribution is 2.33. The number of carbonyl (C=O) groups is 1. The number of hydrogen-bond donors (Lipinski definition) is 4. The lowest BCUT2D eigenvalue weighted by atomic mass is 9.95. The first kappa shape index (κ1) is 24.8. The third-order valence-corrected chi connectivity index (χ3v) is 4.84. The number of nitrogens with zero attached hydrogens (tertiary/aromatic N) is 2. The van der Waals surface area contributed by atoms with E-state index in [2.05, 4.69) is 5.43 Å². The van der Waals surface area contributed by atoms with E-state index < -0.39 is 11.5 Å². The number of aromatic hydroxyl groups is 1. The maximum absolute atomic E-state index is 11.9. The highest BCUT2D eigenvalue weighted by molar-refractivity contribution is 6.08. The van der Waals surface area contributed by atoms with Crippen LogP contribution in [0.3, 0.4) is 0 Å². The average Bonchev–Trinajstić information content (AvgIpc) is 2.65. The van der Waals surface area contributed by atoms with E-state index in [-0.39, 0.29) is 23.2 Å². The summed E-state index contributed by atoms with van der Waals surface area (Å²) in [7, 11) is 7.10. The van der Waals surface area contributed by atoms with E-state index in [0.29, 0.717) is 62.4 Å². The summed E-state index contributed by atoms with van der Waals surface area (Å²) in [6, 6.07) is 3.16. The number of nitrogens with one attached hydrogen (secondary N) is 1. The van der Waals surface area contributed by atoms with Crippen LogP contribution in [0.1, 0.15) is 29.3 Å². The maximum Gasteiger partial charge on any atom is 0.343 e. The Balaban J connectivity index is 1.89. The van der Waals surface area contributed by atoms with Crippen molar-refractivity contribution in [1.82, 2.24) is 10.3 Å². The molecule has 0 spiro atoms. The van der Waals surface area contributed by atoms with Gasteiger partial charge in [0.1, 0.15) is 28.7 Å². The number of hydrogen-bond acceptors (Lipinski definition) is 8. The minimum atomic E-state index is -1.26. The zero-order chi connectivity index (χ0) is 23.0. The summed E-state index contributed by atoms with van der Waals surface area (Å²) in [6.07, 6.45) is 2.50. The molecule has 0 saturated carbocycles. The average molecular weight is 434 g/mol. The molecule has 1 saturated heterocycles. The molecule has 2 radical (unpaired) electrons. The van der Waals surface area contributed by atoms with Gasteiger partial charge in [0.25, 0.3) is 0 Å². The number of likely N-dealkylation sites (tertiary alicyclic amines) is 1. The number of carboxylic acids is 1. The predicted octanol–water partition coefficient (Wildman–Crippen LogP) is 0.122. The Hall–Kier alpha value is -2.50. The Morgan fingerprint density at radius 3 is 2.84 bits per heavy atom. The molecular weight excluding hydrogens is 403 g/mol. The normalized spacial score (nSPS) is 17.1. The number of methoxy groups -OCH3 is 1. The number of benzene rings is 1. The summed E-state index contributed by atoms with van der Waals surface area (Å²) in [5.41, 5.74) is 8.25. The lowest BCUT2D eigenvalue weighted by Crippen LogP contribution is -2.61. The van der Waals surface area contributed by atoms with Crippen LogP contribution in [0.15, 0.2) is 12.1 Å². The summed E-state index contributed by atoms with van der Waals surface area (Å²) in [4.78, 5) is 14.2. The van der Waals surface area contributed by atoms with Crippen LogP contribution in [-0.2, 0) is 11.2 Å². The van der Waals surface area contributed by atoms with Gasteiger partial charge >= 0.3 is 5.97 Å². The number of rotatable bonds is 13. The molecule has 0 aromatic heterocycles. The van der Waals surface area contributed by atoms with Crippen LogP contribution in [0.2, 0.25) is 6.32 Å². The molecule has 10 nitrogen and oxygen atoms in total. The molecule has 31 heavy (non-hydrogen) atoms. The zero-order valence-electron chi connectivity index (χ0n) is 18.0. The zero-order valence-corrected chi connectivity index (χ0v) is 18.0. The molecule has 1 aromatic rings. The standard InChI is InChI=1S/C20H31BN4O6/c1-20(22,13-25(29)23-8-3-9-30-2)12-24-10-15(11-24)31-16-5-4-14(6-7-21)18(26)17(16)19(27)28/h4-5,13,15,23,26H,3,6-12,22H2,1-2H3,(H,27,28)/b25-13+/t20-/m1/s1. The molecule has 170 valence electrons. The van der Waals surface area contributed by atoms with Crippen molar-refractivity contribution in [3.63, 3.8) is 0 Å². The summed E-state index contributed by atoms with van der Waals surface area (Å²) in [5.74, 6) is -1.46. The molecule has 0 unspecified atom stereocenters. The fourth-order valence-electron chi connectivity index (χ4n) is 3.43. The second kappa shape index (κ2) is 11.2. The summed E-state index contributed by atoms with van der Waals surface area (Å²) >= 11 is 0. The third kappa shape index (κ3) is 7.30. The largest absolute Gasteiger partial charge is 0.597 e. The molecule has 0 aliphatic carbocycles. The third-order valence-electron chi connectivity index (χ3n) is 4.84. The molecule has 1 atom stereocenters. The number of carboxylic acid groups (broad SMARTS) is 1. The Labute approximate surface area is 183 Å². The SMILES string of the molecule is [B]CCc1ccc(OC2CN(C[C@@](C)(N)/C=[N+](/[O-])NCCCOC)C2)c(C(=O)O)c1O. The van der Waals surface area contributed by atoms with E-state index in [1.54, 1.807) is 26.2 Å². The van der Waals surface area contributed by atoms with Crippen molar-refractivity contribution in [3.05, 3.63) is 28.5 Å². The molecular formula is C20H31BN4O6. The van der Waals surface area contributed by atoms with Gasteiger partial charge < -0.3 is 30.6 Å². The Kier molecular flexibility index (Phi) is 8.96. The first-order valence-corrected chi connectivity index (χ1v) is 10.2. The number of nitrogens with two attached hydrogens (primary N) is 1. The predicted molar refractivity (Wildman–Crippen MR) is 117 cm³/mol. The van der Waals surface area contributed by atoms with Crippen LogP contribution in [0.5, 0.6) is 11.5 Å². The Morgan fingerprint density at radius 2 is 2.23 bits per heavy atom. The Bertz CT molecular complexity index is 783. The highest BCUT2D eigenvalue weighted by atomic mass is 16.5. The van der Waals surface area contributed by atoms with Crippen molar-refractivity contribution in [2.45, 2.75) is 37.7 Å². The fourth-order valence-corrected chi connectivity index (χ4v) is 3.43. The van der Waals surface area contributed by atoms with E-state index in [4.69, 9.17) is 23.1 Å². The number of hydrazone groups is 1. The van der Waals surface area contributed by atoms with Gasteiger partial charge in [0.05, 0.1) is 14.4 Å². The molecule has 1 aromatic carbocycles. The second-order valence-electron chi connectivity index (χ2n) is 7.94. The van der Waals surface area contributed by atoms with Crippen LogP contribution in [0.4, 0.5) is 0 Å². The smallest absolute Gasteiger partial charge is 0.343 e. The van der Waals surface area contributed by atoms with Crippen LogP contribution in [-0.4, -0.2) is 91.5 Å². The minimum absolute atomic E-state index is 0.114. The molecule has 0 amide bonds. The van der Waals surface area contributed by atoms with Crippen molar-refractivity contribution in [2.24, 2.45) is 5.73 Å². The number of ether oxygens (including phenoxy) is 2. The van der Waals surface area contributed by atoms with Crippen LogP contribution in [0, 0.1) is 5.21 Å². The quantitative estimate of drug-likeness (QED) is 0.0850. The van der Waals surface area contributed by atoms with Gasteiger partial charge in [-0.2, -0.15) is 5.43 Å². The van der Waals surface area contributed by atoms with Crippen LogP contribution < -0.4 is 15.9 Å². The van der Waals surface area contributed by atoms with Gasteiger partial charge in [-0.25, -0.2) is 4.79 Å². The maximum atomic E-state index is 11.9. The van der Waals surface area contributed by atoms with Gasteiger partial charge in [-0.1, -0.05) is 17.2 Å². The fraction of sp³-hybridized carbons (Fsp3) is 0.600. The van der Waals surface area contributed by atoms with Gasteiger partial charge in [-0.3, -0.25) is 4.90 Å². The van der Waals surface area contributed by atoms with Crippen molar-refractivity contribution >= 4 is 20.0 Å². The van der Waals surface area contributed by atoms with E-state index in [1.807, 2.05) is 4.90 Å². The monoisotopic (exact) mass is 434 g/mol. The molecule has 5 N–H and O–H groups in total. The van der Waals surface area contributed by atoms with Crippen LogP contribution in [0.25, 0.3) is 0 Å². The van der Waals surface area contributed by atoms with E-state index in [1.165, 1.54) is 6.21 Å². The summed E-state index contributed by atoms with van der Waals surface area (Å²) < 4.78 is 10.7. The molecule has 11 heteroatoms. The van der Waals surface area contributed by atoms with Gasteiger partial charge in [0.15, 0.2) is 0 Å². The molecule has 2 rings (SSSR count). The van der Waals surface area contributed by atoms with E-state index in [9.17, 15) is 20.2 Å². The number of aromatic carboxylic acids is 1. The summed E-state index contributed by atoms with van der Waals surface area (Å²) in [6.45, 7) is 4.26. The summed E-state index contributed by atoms with van der Waals surface area (Å²) in [5, 5.41) is 31.7. The van der Waals surface area contributed by atoms with E-state index in [0.717, 1.165) is 0 Å². The lowest BCUT2D eigenvalue weighted by Gasteiger charge is -2.41. The number of phenols is 1. The van der Waals surface area contributed by atoms with E-state index >= 15 is 0 Å². The molecule has 1 aliphatic rings. The van der Waals surface area contributed by atoms with Gasteiger partial charge in [-0.15, -0.1) is 0 Å². The van der Waals surface area contributed by atoms with Gasteiger partial charge in [0, 0.05) is 33.4 Å². The molecule has 0 bridgehead atoms. The lowest BCUT2D eigenvalue weighted by molar-refractivity contribution is -0.521. The van der Waals surface area contributed by atoms with Crippen molar-refractivity contribution in [3.8, 4) is 11.5 Å². The molecule has 1 aliphatic heterocycles. The number of aryl methyl sites for hydroxylation is 1. The number of hydrazine groups is 1.